The van der Waals surface area contributed by atoms with Crippen molar-refractivity contribution >= 4 is 72.2 Å². The van der Waals surface area contributed by atoms with Crippen molar-refractivity contribution in [2.75, 3.05) is 78.2 Å². The summed E-state index contributed by atoms with van der Waals surface area (Å²) in [4.78, 5) is 31.0. The van der Waals surface area contributed by atoms with Crippen LogP contribution in [-0.2, 0) is 0 Å². The fraction of sp³-hybridized carbons (Fsp3) is 0.196. The Kier molecular flexibility index (Phi) is 11.0. The number of nitrogens with zero attached hydrogens (tertiary/aromatic N) is 3. The van der Waals surface area contributed by atoms with Gasteiger partial charge in [0.15, 0.2) is 34.5 Å². The summed E-state index contributed by atoms with van der Waals surface area (Å²) in [6, 6.07) is 22.8. The van der Waals surface area contributed by atoms with E-state index < -0.39 is 0 Å². The molecule has 16 nitrogen and oxygen atoms in total. The number of methoxy groups -OCH3 is 11. The van der Waals surface area contributed by atoms with Crippen molar-refractivity contribution in [3.63, 3.8) is 0 Å². The molecule has 0 fully saturated rings. The third kappa shape index (κ3) is 6.47. The molecule has 364 valence electrons. The molecule has 10 aromatic rings. The van der Waals surface area contributed by atoms with Crippen LogP contribution in [0, 0.1) is 0 Å². The molecule has 5 aromatic carbocycles. The summed E-state index contributed by atoms with van der Waals surface area (Å²) in [5, 5.41) is 3.10. The lowest BCUT2D eigenvalue weighted by atomic mass is 10.0. The molecular formula is C56H48N4O12. The van der Waals surface area contributed by atoms with Crippen LogP contribution in [0.4, 0.5) is 0 Å². The normalized spacial score (nSPS) is 11.8. The molecular weight excluding hydrogens is 921 g/mol. The van der Waals surface area contributed by atoms with Gasteiger partial charge in [-0.25, -0.2) is 9.97 Å². The molecule has 0 amide bonds. The number of aromatic amines is 1. The molecule has 5 aromatic heterocycles. The number of aromatic nitrogens is 4. The van der Waals surface area contributed by atoms with Crippen LogP contribution in [0.3, 0.4) is 0 Å². The molecule has 0 saturated heterocycles. The summed E-state index contributed by atoms with van der Waals surface area (Å²) in [7, 11) is 17.3. The van der Waals surface area contributed by atoms with Gasteiger partial charge in [-0.05, 0) is 95.6 Å². The zero-order chi connectivity index (χ0) is 50.3. The predicted octanol–water partition coefficient (Wildman–Crippen LogP) is 10.8. The van der Waals surface area contributed by atoms with Crippen molar-refractivity contribution in [3.8, 4) is 96.6 Å². The highest BCUT2D eigenvalue weighted by Crippen LogP contribution is 2.51. The summed E-state index contributed by atoms with van der Waals surface area (Å²) < 4.78 is 66.6. The van der Waals surface area contributed by atoms with Crippen LogP contribution in [0.2, 0.25) is 0 Å². The molecule has 6 heterocycles. The van der Waals surface area contributed by atoms with E-state index in [9.17, 15) is 0 Å². The molecule has 0 atom stereocenters. The summed E-state index contributed by atoms with van der Waals surface area (Å²) in [6.07, 6.45) is 3.88. The number of benzene rings is 4. The Labute approximate surface area is 411 Å². The van der Waals surface area contributed by atoms with Crippen molar-refractivity contribution in [1.82, 2.24) is 19.4 Å². The van der Waals surface area contributed by atoms with E-state index in [2.05, 4.69) is 4.98 Å². The van der Waals surface area contributed by atoms with Gasteiger partial charge in [0.25, 0.3) is 5.56 Å². The molecule has 6 bridgehead atoms. The average molecular weight is 969 g/mol. The van der Waals surface area contributed by atoms with Crippen LogP contribution in [0.5, 0.6) is 63.2 Å². The monoisotopic (exact) mass is 968 g/mol. The SMILES string of the molecule is COc1cc(OC)c2c(c1)c1nc3c(-c4cc(OC)c(OC)c(OC)c4)c4ccc5c(-c6cc(OC)c(OC)c(OC)c6)c6nc(c(-c7cc(OC)c(OC)c(OC)c7)c7ccc([nH]7)c2c1c3c(=O)n54)C=C6. The maximum absolute atomic E-state index is 16.2. The van der Waals surface area contributed by atoms with E-state index in [0.29, 0.717) is 163 Å². The molecule has 0 spiro atoms. The first-order chi connectivity index (χ1) is 35.1. The van der Waals surface area contributed by atoms with Gasteiger partial charge in [0, 0.05) is 55.3 Å². The Bertz CT molecular complexity index is 3950. The van der Waals surface area contributed by atoms with Gasteiger partial charge in [0.1, 0.15) is 11.5 Å². The van der Waals surface area contributed by atoms with E-state index in [1.807, 2.05) is 84.9 Å². The maximum Gasteiger partial charge on any atom is 0.265 e. The standard InChI is InChI=1S/C56H48N4O12/c1-62-29-24-30-47(37(25-29)63-2)48-34-15-13-32(58-34)44(26-18-38(64-3)53(70-9)39(19-26)65-4)31-12-14-33(57-31)45(27-20-40(66-5)54(71-10)41(21-27)67-6)35-16-17-36-46(28-22-42(68-7)55(72-11)43(23-28)69-8)52-50(56(61)60(35)36)49(48)51(30)59-52/h12-25,58H,1-11H3. The van der Waals surface area contributed by atoms with Gasteiger partial charge >= 0.3 is 0 Å². The summed E-state index contributed by atoms with van der Waals surface area (Å²) in [5.74, 6) is 4.85. The maximum atomic E-state index is 16.2. The van der Waals surface area contributed by atoms with E-state index in [1.165, 1.54) is 0 Å². The number of hydrogen-bond donors (Lipinski definition) is 1. The van der Waals surface area contributed by atoms with Gasteiger partial charge in [-0.3, -0.25) is 9.20 Å². The first-order valence-electron chi connectivity index (χ1n) is 22.6. The second-order valence-corrected chi connectivity index (χ2v) is 16.8. The Hall–Kier alpha value is -9.05. The van der Waals surface area contributed by atoms with Gasteiger partial charge in [-0.15, -0.1) is 0 Å². The second kappa shape index (κ2) is 17.4. The molecule has 16 heteroatoms. The van der Waals surface area contributed by atoms with Crippen LogP contribution < -0.4 is 57.7 Å². The van der Waals surface area contributed by atoms with E-state index in [-0.39, 0.29) is 5.56 Å². The van der Waals surface area contributed by atoms with E-state index in [1.54, 1.807) is 82.6 Å². The summed E-state index contributed by atoms with van der Waals surface area (Å²) in [5.41, 5.74) is 8.18. The highest BCUT2D eigenvalue weighted by atomic mass is 16.5. The van der Waals surface area contributed by atoms with Gasteiger partial charge < -0.3 is 57.1 Å². The zero-order valence-corrected chi connectivity index (χ0v) is 41.3. The van der Waals surface area contributed by atoms with Crippen molar-refractivity contribution in [2.24, 2.45) is 0 Å². The first kappa shape index (κ1) is 45.4. The van der Waals surface area contributed by atoms with Gasteiger partial charge in [0.2, 0.25) is 17.2 Å². The molecule has 1 aliphatic rings. The molecule has 0 aliphatic carbocycles. The number of ether oxygens (including phenoxy) is 11. The Morgan fingerprint density at radius 3 is 1.35 bits per heavy atom. The van der Waals surface area contributed by atoms with Gasteiger partial charge in [-0.1, -0.05) is 0 Å². The van der Waals surface area contributed by atoms with E-state index >= 15 is 4.79 Å². The fourth-order valence-corrected chi connectivity index (χ4v) is 10.4. The average Bonchev–Trinajstić information content (AvgIpc) is 4.28. The van der Waals surface area contributed by atoms with Gasteiger partial charge in [0.05, 0.1) is 117 Å². The largest absolute Gasteiger partial charge is 0.497 e. The zero-order valence-electron chi connectivity index (χ0n) is 41.3. The minimum atomic E-state index is -0.327. The van der Waals surface area contributed by atoms with Crippen molar-refractivity contribution in [2.45, 2.75) is 0 Å². The van der Waals surface area contributed by atoms with Crippen LogP contribution in [0.1, 0.15) is 11.4 Å². The first-order valence-corrected chi connectivity index (χ1v) is 22.6. The number of H-pyrrole nitrogens is 1. The van der Waals surface area contributed by atoms with Crippen LogP contribution in [-0.4, -0.2) is 97.6 Å². The number of nitrogens with one attached hydrogen (secondary N) is 1. The number of rotatable bonds is 14. The van der Waals surface area contributed by atoms with Gasteiger partial charge in [-0.2, -0.15) is 0 Å². The fourth-order valence-electron chi connectivity index (χ4n) is 10.4. The number of hydrogen-bond acceptors (Lipinski definition) is 14. The van der Waals surface area contributed by atoms with Crippen molar-refractivity contribution < 1.29 is 52.1 Å². The highest BCUT2D eigenvalue weighted by Gasteiger charge is 2.30. The molecule has 0 unspecified atom stereocenters. The van der Waals surface area contributed by atoms with Crippen LogP contribution in [0.25, 0.3) is 106 Å². The van der Waals surface area contributed by atoms with Crippen molar-refractivity contribution in [3.05, 3.63) is 94.5 Å². The molecule has 72 heavy (non-hydrogen) atoms. The smallest absolute Gasteiger partial charge is 0.265 e. The Morgan fingerprint density at radius 1 is 0.403 bits per heavy atom. The van der Waals surface area contributed by atoms with Crippen molar-refractivity contribution in [1.29, 1.82) is 0 Å². The van der Waals surface area contributed by atoms with Crippen LogP contribution >= 0.6 is 0 Å². The number of fused-ring (bicyclic) bond motifs is 8. The van der Waals surface area contributed by atoms with E-state index in [0.717, 1.165) is 5.39 Å². The Morgan fingerprint density at radius 2 is 0.861 bits per heavy atom. The topological polar surface area (TPSA) is 165 Å². The molecule has 0 radical (unpaired) electrons. The third-order valence-corrected chi connectivity index (χ3v) is 13.5. The molecule has 1 N–H and O–H groups in total. The lowest BCUT2D eigenvalue weighted by Crippen LogP contribution is -2.13. The minimum absolute atomic E-state index is 0.327. The number of pyridine rings is 1. The molecule has 0 saturated carbocycles. The highest BCUT2D eigenvalue weighted by molar-refractivity contribution is 6.37. The van der Waals surface area contributed by atoms with E-state index in [4.69, 9.17) is 62.1 Å². The molecule has 1 aliphatic heterocycles. The summed E-state index contributed by atoms with van der Waals surface area (Å²) >= 11 is 0. The predicted molar refractivity (Wildman–Crippen MR) is 278 cm³/mol. The third-order valence-electron chi connectivity index (χ3n) is 13.5. The quantitative estimate of drug-likeness (QED) is 0.109. The second-order valence-electron chi connectivity index (χ2n) is 16.8. The lowest BCUT2D eigenvalue weighted by Gasteiger charge is -2.16. The Balaban J connectivity index is 1.45. The van der Waals surface area contributed by atoms with Crippen LogP contribution in [0.15, 0.2) is 77.6 Å². The molecule has 11 rings (SSSR count). The minimum Gasteiger partial charge on any atom is -0.497 e. The summed E-state index contributed by atoms with van der Waals surface area (Å²) in [6.45, 7) is 0. The lowest BCUT2D eigenvalue weighted by molar-refractivity contribution is 0.324.